The predicted molar refractivity (Wildman–Crippen MR) is 125 cm³/mol. The molecular weight excluding hydrogens is 426 g/mol. The Morgan fingerprint density at radius 2 is 1.78 bits per heavy atom. The van der Waals surface area contributed by atoms with Crippen LogP contribution in [0.25, 0.3) is 0 Å². The van der Waals surface area contributed by atoms with Crippen LogP contribution >= 0.6 is 11.6 Å². The molecule has 0 fully saturated rings. The molecule has 3 aromatic carbocycles. The van der Waals surface area contributed by atoms with E-state index < -0.39 is 0 Å². The molecule has 4 aromatic rings. The van der Waals surface area contributed by atoms with Gasteiger partial charge in [0.05, 0.1) is 25.5 Å². The summed E-state index contributed by atoms with van der Waals surface area (Å²) in [7, 11) is 1.64. The zero-order valence-electron chi connectivity index (χ0n) is 17.5. The number of ether oxygens (including phenoxy) is 2. The van der Waals surface area contributed by atoms with Crippen molar-refractivity contribution in [2.45, 2.75) is 13.2 Å². The van der Waals surface area contributed by atoms with Gasteiger partial charge in [-0.2, -0.15) is 5.10 Å². The van der Waals surface area contributed by atoms with Gasteiger partial charge in [0.1, 0.15) is 18.1 Å². The summed E-state index contributed by atoms with van der Waals surface area (Å²) in [5.74, 6) is 1.30. The molecule has 0 saturated carbocycles. The molecule has 1 N–H and O–H groups in total. The smallest absolute Gasteiger partial charge is 0.255 e. The van der Waals surface area contributed by atoms with Crippen LogP contribution < -0.4 is 14.8 Å². The van der Waals surface area contributed by atoms with Gasteiger partial charge in [-0.3, -0.25) is 9.48 Å². The summed E-state index contributed by atoms with van der Waals surface area (Å²) in [6.07, 6.45) is 3.43. The minimum absolute atomic E-state index is 0.209. The zero-order chi connectivity index (χ0) is 22.3. The van der Waals surface area contributed by atoms with Gasteiger partial charge in [0.15, 0.2) is 0 Å². The van der Waals surface area contributed by atoms with Crippen molar-refractivity contribution in [1.29, 1.82) is 0 Å². The number of hydrogen-bond donors (Lipinski definition) is 1. The molecule has 0 atom stereocenters. The van der Waals surface area contributed by atoms with Crippen LogP contribution in [0.5, 0.6) is 11.5 Å². The maximum Gasteiger partial charge on any atom is 0.255 e. The van der Waals surface area contributed by atoms with Crippen LogP contribution in [0, 0.1) is 0 Å². The van der Waals surface area contributed by atoms with Crippen LogP contribution in [0.3, 0.4) is 0 Å². The summed E-state index contributed by atoms with van der Waals surface area (Å²) in [6.45, 7) is 0.922. The number of aromatic nitrogens is 2. The number of nitrogens with one attached hydrogen (secondary N) is 1. The zero-order valence-corrected chi connectivity index (χ0v) is 18.3. The number of hydrogen-bond acceptors (Lipinski definition) is 4. The van der Waals surface area contributed by atoms with Gasteiger partial charge in [-0.1, -0.05) is 35.9 Å². The molecule has 1 heterocycles. The molecule has 6 nitrogen and oxygen atoms in total. The fourth-order valence-corrected chi connectivity index (χ4v) is 3.30. The number of rotatable bonds is 8. The number of nitrogens with zero attached hydrogens (tertiary/aromatic N) is 2. The lowest BCUT2D eigenvalue weighted by molar-refractivity contribution is 0.102. The highest BCUT2D eigenvalue weighted by Crippen LogP contribution is 2.18. The van der Waals surface area contributed by atoms with E-state index in [1.165, 1.54) is 0 Å². The molecule has 1 amide bonds. The molecule has 0 bridgehead atoms. The van der Waals surface area contributed by atoms with Crippen LogP contribution in [0.2, 0.25) is 5.02 Å². The second-order valence-corrected chi connectivity index (χ2v) is 7.61. The Hall–Kier alpha value is -3.77. The van der Waals surface area contributed by atoms with Crippen LogP contribution in [0.15, 0.2) is 85.2 Å². The fourth-order valence-electron chi connectivity index (χ4n) is 3.18. The van der Waals surface area contributed by atoms with Gasteiger partial charge in [0, 0.05) is 16.8 Å². The SMILES string of the molecule is COc1cccc(Cn2cc(NC(=O)c3cccc(COc4ccc(Cl)cc4)c3)cn2)c1. The molecule has 0 spiro atoms. The molecule has 4 rings (SSSR count). The van der Waals surface area contributed by atoms with E-state index in [1.54, 1.807) is 42.4 Å². The summed E-state index contributed by atoms with van der Waals surface area (Å²) >= 11 is 5.89. The van der Waals surface area contributed by atoms with Crippen molar-refractivity contribution in [3.8, 4) is 11.5 Å². The quantitative estimate of drug-likeness (QED) is 0.391. The predicted octanol–water partition coefficient (Wildman–Crippen LogP) is 5.42. The average molecular weight is 448 g/mol. The topological polar surface area (TPSA) is 65.4 Å². The van der Waals surface area contributed by atoms with E-state index in [9.17, 15) is 4.79 Å². The molecular formula is C25H22ClN3O3. The van der Waals surface area contributed by atoms with Crippen molar-refractivity contribution in [3.63, 3.8) is 0 Å². The van der Waals surface area contributed by atoms with E-state index in [1.807, 2.05) is 54.6 Å². The maximum atomic E-state index is 12.7. The molecule has 0 aliphatic heterocycles. The highest BCUT2D eigenvalue weighted by molar-refractivity contribution is 6.30. The molecule has 162 valence electrons. The standard InChI is InChI=1S/C25H22ClN3O3/c1-31-24-7-3-4-18(13-24)15-29-16-22(14-27-29)28-25(30)20-6-2-5-19(12-20)17-32-23-10-8-21(26)9-11-23/h2-14,16H,15,17H2,1H3,(H,28,30). The average Bonchev–Trinajstić information content (AvgIpc) is 3.25. The number of carbonyl (C=O) groups excluding carboxylic acids is 1. The number of halogens is 1. The lowest BCUT2D eigenvalue weighted by atomic mass is 10.1. The molecule has 0 aliphatic carbocycles. The summed E-state index contributed by atoms with van der Waals surface area (Å²) < 4.78 is 12.8. The number of amides is 1. The molecule has 1 aromatic heterocycles. The first-order chi connectivity index (χ1) is 15.6. The molecule has 0 radical (unpaired) electrons. The Balaban J connectivity index is 1.36. The van der Waals surface area contributed by atoms with Crippen molar-refractivity contribution in [3.05, 3.63) is 107 Å². The molecule has 0 unspecified atom stereocenters. The third kappa shape index (κ3) is 5.68. The minimum Gasteiger partial charge on any atom is -0.497 e. The first-order valence-corrected chi connectivity index (χ1v) is 10.4. The van der Waals surface area contributed by atoms with E-state index in [0.717, 1.165) is 16.9 Å². The molecule has 0 aliphatic rings. The largest absolute Gasteiger partial charge is 0.497 e. The highest BCUT2D eigenvalue weighted by Gasteiger charge is 2.09. The second-order valence-electron chi connectivity index (χ2n) is 7.18. The third-order valence-electron chi connectivity index (χ3n) is 4.78. The van der Waals surface area contributed by atoms with Gasteiger partial charge in [-0.25, -0.2) is 0 Å². The molecule has 32 heavy (non-hydrogen) atoms. The Morgan fingerprint density at radius 1 is 1.00 bits per heavy atom. The van der Waals surface area contributed by atoms with Crippen molar-refractivity contribution in [1.82, 2.24) is 9.78 Å². The Bertz CT molecular complexity index is 1210. The van der Waals surface area contributed by atoms with E-state index in [-0.39, 0.29) is 5.91 Å². The Labute approximate surface area is 191 Å². The van der Waals surface area contributed by atoms with Crippen LogP contribution in [-0.2, 0) is 13.2 Å². The summed E-state index contributed by atoms with van der Waals surface area (Å²) in [4.78, 5) is 12.7. The summed E-state index contributed by atoms with van der Waals surface area (Å²) in [5, 5.41) is 7.88. The highest BCUT2D eigenvalue weighted by atomic mass is 35.5. The first-order valence-electron chi connectivity index (χ1n) is 10.0. The van der Waals surface area contributed by atoms with Crippen molar-refractivity contribution < 1.29 is 14.3 Å². The van der Waals surface area contributed by atoms with Crippen molar-refractivity contribution >= 4 is 23.2 Å². The number of carbonyl (C=O) groups is 1. The Morgan fingerprint density at radius 3 is 2.59 bits per heavy atom. The van der Waals surface area contributed by atoms with Gasteiger partial charge in [-0.05, 0) is 59.7 Å². The fraction of sp³-hybridized carbons (Fsp3) is 0.120. The van der Waals surface area contributed by atoms with Crippen molar-refractivity contribution in [2.24, 2.45) is 0 Å². The summed E-state index contributed by atoms with van der Waals surface area (Å²) in [6, 6.07) is 22.3. The minimum atomic E-state index is -0.209. The maximum absolute atomic E-state index is 12.7. The van der Waals surface area contributed by atoms with Gasteiger partial charge in [0.2, 0.25) is 0 Å². The Kier molecular flexibility index (Phi) is 6.72. The number of methoxy groups -OCH3 is 1. The van der Waals surface area contributed by atoms with E-state index in [0.29, 0.717) is 35.2 Å². The van der Waals surface area contributed by atoms with Gasteiger partial charge in [-0.15, -0.1) is 0 Å². The molecule has 7 heteroatoms. The van der Waals surface area contributed by atoms with E-state index in [4.69, 9.17) is 21.1 Å². The van der Waals surface area contributed by atoms with E-state index in [2.05, 4.69) is 10.4 Å². The lowest BCUT2D eigenvalue weighted by Crippen LogP contribution is -2.12. The number of benzene rings is 3. The van der Waals surface area contributed by atoms with Crippen LogP contribution in [-0.4, -0.2) is 22.8 Å². The van der Waals surface area contributed by atoms with Gasteiger partial charge >= 0.3 is 0 Å². The second kappa shape index (κ2) is 10.0. The third-order valence-corrected chi connectivity index (χ3v) is 5.03. The van der Waals surface area contributed by atoms with Crippen molar-refractivity contribution in [2.75, 3.05) is 12.4 Å². The summed E-state index contributed by atoms with van der Waals surface area (Å²) in [5.41, 5.74) is 3.11. The lowest BCUT2D eigenvalue weighted by Gasteiger charge is -2.08. The van der Waals surface area contributed by atoms with Crippen LogP contribution in [0.1, 0.15) is 21.5 Å². The van der Waals surface area contributed by atoms with Gasteiger partial charge < -0.3 is 14.8 Å². The van der Waals surface area contributed by atoms with Gasteiger partial charge in [0.25, 0.3) is 5.91 Å². The first kappa shape index (κ1) is 21.5. The molecule has 0 saturated heterocycles. The normalized spacial score (nSPS) is 10.6. The van der Waals surface area contributed by atoms with E-state index >= 15 is 0 Å². The monoisotopic (exact) mass is 447 g/mol. The van der Waals surface area contributed by atoms with Crippen LogP contribution in [0.4, 0.5) is 5.69 Å². The number of anilines is 1.